The van der Waals surface area contributed by atoms with Gasteiger partial charge >= 0.3 is 0 Å². The van der Waals surface area contributed by atoms with E-state index in [9.17, 15) is 4.79 Å². The monoisotopic (exact) mass is 264 g/mol. The van der Waals surface area contributed by atoms with E-state index in [-0.39, 0.29) is 5.91 Å². The molecule has 0 aliphatic carbocycles. The van der Waals surface area contributed by atoms with Gasteiger partial charge < -0.3 is 10.2 Å². The van der Waals surface area contributed by atoms with Crippen LogP contribution in [0.4, 0.5) is 0 Å². The molecule has 0 bridgehead atoms. The molecule has 2 rings (SSSR count). The van der Waals surface area contributed by atoms with Gasteiger partial charge in [0, 0.05) is 37.5 Å². The maximum absolute atomic E-state index is 12.2. The lowest BCUT2D eigenvalue weighted by atomic mass is 10.1. The number of hydrogen-bond acceptors (Lipinski definition) is 3. The second-order valence-corrected chi connectivity index (χ2v) is 5.65. The van der Waals surface area contributed by atoms with Gasteiger partial charge in [-0.3, -0.25) is 4.79 Å². The Kier molecular flexibility index (Phi) is 5.08. The first kappa shape index (κ1) is 13.4. The van der Waals surface area contributed by atoms with Crippen molar-refractivity contribution in [2.75, 3.05) is 31.9 Å². The van der Waals surface area contributed by atoms with Crippen molar-refractivity contribution < 1.29 is 4.79 Å². The summed E-state index contributed by atoms with van der Waals surface area (Å²) in [5.41, 5.74) is 2.10. The lowest BCUT2D eigenvalue weighted by Crippen LogP contribution is -2.46. The summed E-state index contributed by atoms with van der Waals surface area (Å²) >= 11 is 1.90. The van der Waals surface area contributed by atoms with E-state index < -0.39 is 0 Å². The van der Waals surface area contributed by atoms with Crippen LogP contribution in [0, 0.1) is 0 Å². The van der Waals surface area contributed by atoms with Crippen LogP contribution in [0.15, 0.2) is 24.3 Å². The van der Waals surface area contributed by atoms with Crippen molar-refractivity contribution in [2.45, 2.75) is 12.7 Å². The Morgan fingerprint density at radius 1 is 1.28 bits per heavy atom. The molecule has 3 nitrogen and oxygen atoms in total. The fraction of sp³-hybridized carbons (Fsp3) is 0.500. The van der Waals surface area contributed by atoms with Gasteiger partial charge in [0.05, 0.1) is 0 Å². The minimum absolute atomic E-state index is 0.159. The van der Waals surface area contributed by atoms with Gasteiger partial charge in [-0.25, -0.2) is 0 Å². The Hall–Kier alpha value is -1.00. The Morgan fingerprint density at radius 3 is 2.56 bits per heavy atom. The highest BCUT2D eigenvalue weighted by Gasteiger charge is 2.17. The lowest BCUT2D eigenvalue weighted by molar-refractivity contribution is 0.0736. The van der Waals surface area contributed by atoms with Gasteiger partial charge in [-0.1, -0.05) is 19.1 Å². The molecule has 1 fully saturated rings. The van der Waals surface area contributed by atoms with Crippen molar-refractivity contribution in [3.05, 3.63) is 35.4 Å². The lowest BCUT2D eigenvalue weighted by Gasteiger charge is -2.27. The fourth-order valence-corrected chi connectivity index (χ4v) is 2.65. The third kappa shape index (κ3) is 3.50. The number of nitrogens with zero attached hydrogens (tertiary/aromatic N) is 1. The number of amides is 1. The van der Waals surface area contributed by atoms with Crippen LogP contribution in [0.3, 0.4) is 0 Å². The minimum atomic E-state index is 0.159. The molecule has 1 aromatic carbocycles. The van der Waals surface area contributed by atoms with Gasteiger partial charge in [0.1, 0.15) is 0 Å². The molecule has 1 heterocycles. The van der Waals surface area contributed by atoms with E-state index in [1.165, 1.54) is 5.56 Å². The average Bonchev–Trinajstić information content (AvgIpc) is 2.46. The maximum Gasteiger partial charge on any atom is 0.253 e. The van der Waals surface area contributed by atoms with Crippen molar-refractivity contribution in [2.24, 2.45) is 0 Å². The quantitative estimate of drug-likeness (QED) is 0.902. The zero-order chi connectivity index (χ0) is 12.8. The summed E-state index contributed by atoms with van der Waals surface area (Å²) in [6.07, 6.45) is 0. The number of carbonyl (C=O) groups is 1. The van der Waals surface area contributed by atoms with Crippen LogP contribution >= 0.6 is 11.8 Å². The topological polar surface area (TPSA) is 32.3 Å². The summed E-state index contributed by atoms with van der Waals surface area (Å²) in [6.45, 7) is 5.58. The highest BCUT2D eigenvalue weighted by Crippen LogP contribution is 2.14. The van der Waals surface area contributed by atoms with Gasteiger partial charge in [-0.2, -0.15) is 11.8 Å². The Bertz CT molecular complexity index is 385. The standard InChI is InChI=1S/C14H20N2OS/c1-2-18-11-12-3-5-13(6-4-12)14(17)16-9-7-15-8-10-16/h3-6,15H,2,7-11H2,1H3. The molecule has 0 atom stereocenters. The summed E-state index contributed by atoms with van der Waals surface area (Å²) in [5.74, 6) is 2.31. The number of nitrogens with one attached hydrogen (secondary N) is 1. The molecular formula is C14H20N2OS. The van der Waals surface area contributed by atoms with Gasteiger partial charge in [0.25, 0.3) is 5.91 Å². The number of hydrogen-bond donors (Lipinski definition) is 1. The first-order valence-corrected chi connectivity index (χ1v) is 7.63. The van der Waals surface area contributed by atoms with Crippen molar-refractivity contribution in [3.8, 4) is 0 Å². The highest BCUT2D eigenvalue weighted by molar-refractivity contribution is 7.98. The smallest absolute Gasteiger partial charge is 0.253 e. The summed E-state index contributed by atoms with van der Waals surface area (Å²) in [7, 11) is 0. The Balaban J connectivity index is 1.97. The molecule has 1 saturated heterocycles. The second kappa shape index (κ2) is 6.81. The molecule has 0 unspecified atom stereocenters. The third-order valence-electron chi connectivity index (χ3n) is 3.08. The van der Waals surface area contributed by atoms with Gasteiger partial charge in [0.15, 0.2) is 0 Å². The van der Waals surface area contributed by atoms with Crippen molar-refractivity contribution in [1.82, 2.24) is 10.2 Å². The molecule has 1 amide bonds. The molecule has 1 aliphatic heterocycles. The van der Waals surface area contributed by atoms with Crippen LogP contribution in [0.25, 0.3) is 0 Å². The summed E-state index contributed by atoms with van der Waals surface area (Å²) < 4.78 is 0. The van der Waals surface area contributed by atoms with Gasteiger partial charge in [-0.05, 0) is 23.4 Å². The second-order valence-electron chi connectivity index (χ2n) is 4.38. The van der Waals surface area contributed by atoms with Gasteiger partial charge in [0.2, 0.25) is 0 Å². The number of rotatable bonds is 4. The predicted octanol–water partition coefficient (Wildman–Crippen LogP) is 1.99. The van der Waals surface area contributed by atoms with E-state index in [1.807, 2.05) is 28.8 Å². The van der Waals surface area contributed by atoms with E-state index in [2.05, 4.69) is 24.4 Å². The molecule has 4 heteroatoms. The number of piperazine rings is 1. The van der Waals surface area contributed by atoms with Crippen molar-refractivity contribution in [3.63, 3.8) is 0 Å². The van der Waals surface area contributed by atoms with Gasteiger partial charge in [-0.15, -0.1) is 0 Å². The zero-order valence-electron chi connectivity index (χ0n) is 10.8. The highest BCUT2D eigenvalue weighted by atomic mass is 32.2. The van der Waals surface area contributed by atoms with Crippen LogP contribution in [0.5, 0.6) is 0 Å². The molecule has 18 heavy (non-hydrogen) atoms. The first-order chi connectivity index (χ1) is 8.81. The van der Waals surface area contributed by atoms with Crippen LogP contribution in [-0.2, 0) is 5.75 Å². The third-order valence-corrected chi connectivity index (χ3v) is 4.02. The molecule has 0 aromatic heterocycles. The Labute approximate surface area is 113 Å². The van der Waals surface area contributed by atoms with Crippen LogP contribution in [0.1, 0.15) is 22.8 Å². The molecule has 0 spiro atoms. The first-order valence-electron chi connectivity index (χ1n) is 6.48. The number of carbonyl (C=O) groups excluding carboxylic acids is 1. The molecule has 98 valence electrons. The number of benzene rings is 1. The van der Waals surface area contributed by atoms with E-state index in [1.54, 1.807) is 0 Å². The number of thioether (sulfide) groups is 1. The minimum Gasteiger partial charge on any atom is -0.336 e. The van der Waals surface area contributed by atoms with E-state index in [0.29, 0.717) is 0 Å². The average molecular weight is 264 g/mol. The van der Waals surface area contributed by atoms with Crippen LogP contribution in [0.2, 0.25) is 0 Å². The summed E-state index contributed by atoms with van der Waals surface area (Å²) in [6, 6.07) is 8.04. The molecule has 0 radical (unpaired) electrons. The normalized spacial score (nSPS) is 15.7. The summed E-state index contributed by atoms with van der Waals surface area (Å²) in [5, 5.41) is 3.26. The summed E-state index contributed by atoms with van der Waals surface area (Å²) in [4.78, 5) is 14.1. The fourth-order valence-electron chi connectivity index (χ4n) is 2.01. The molecule has 1 N–H and O–H groups in total. The van der Waals surface area contributed by atoms with Crippen molar-refractivity contribution in [1.29, 1.82) is 0 Å². The van der Waals surface area contributed by atoms with E-state index >= 15 is 0 Å². The van der Waals surface area contributed by atoms with E-state index in [0.717, 1.165) is 43.2 Å². The Morgan fingerprint density at radius 2 is 1.94 bits per heavy atom. The van der Waals surface area contributed by atoms with Crippen LogP contribution < -0.4 is 5.32 Å². The zero-order valence-corrected chi connectivity index (χ0v) is 11.6. The molecule has 1 aromatic rings. The molecule has 0 saturated carbocycles. The van der Waals surface area contributed by atoms with Crippen molar-refractivity contribution >= 4 is 17.7 Å². The predicted molar refractivity (Wildman–Crippen MR) is 77.1 cm³/mol. The molecule has 1 aliphatic rings. The van der Waals surface area contributed by atoms with Crippen LogP contribution in [-0.4, -0.2) is 42.7 Å². The molecular weight excluding hydrogens is 244 g/mol. The maximum atomic E-state index is 12.2. The largest absolute Gasteiger partial charge is 0.336 e. The SMILES string of the molecule is CCSCc1ccc(C(=O)N2CCNCC2)cc1. The van der Waals surface area contributed by atoms with E-state index in [4.69, 9.17) is 0 Å².